The van der Waals surface area contributed by atoms with Crippen LogP contribution in [0.4, 0.5) is 0 Å². The highest BCUT2D eigenvalue weighted by Crippen LogP contribution is 2.19. The van der Waals surface area contributed by atoms with Gasteiger partial charge < -0.3 is 5.11 Å². The minimum Gasteiger partial charge on any atom is -0.480 e. The number of aromatic nitrogens is 3. The Morgan fingerprint density at radius 2 is 1.86 bits per heavy atom. The first-order valence-electron chi connectivity index (χ1n) is 9.55. The lowest BCUT2D eigenvalue weighted by Gasteiger charge is -2.17. The van der Waals surface area contributed by atoms with Crippen molar-refractivity contribution in [2.45, 2.75) is 32.4 Å². The van der Waals surface area contributed by atoms with Crippen LogP contribution in [0, 0.1) is 0 Å². The van der Waals surface area contributed by atoms with E-state index >= 15 is 0 Å². The van der Waals surface area contributed by atoms with Crippen molar-refractivity contribution >= 4 is 11.8 Å². The zero-order chi connectivity index (χ0) is 20.6. The molecule has 3 aromatic rings. The van der Waals surface area contributed by atoms with Crippen molar-refractivity contribution in [3.8, 4) is 11.3 Å². The number of hydrogen-bond donors (Lipinski definition) is 2. The summed E-state index contributed by atoms with van der Waals surface area (Å²) in [5.74, 6) is -1.06. The van der Waals surface area contributed by atoms with Gasteiger partial charge in [0.1, 0.15) is 0 Å². The van der Waals surface area contributed by atoms with Gasteiger partial charge in [0, 0.05) is 30.2 Å². The number of aliphatic carboxylic acids is 1. The number of nitrogens with one attached hydrogen (secondary N) is 1. The lowest BCUT2D eigenvalue weighted by molar-refractivity contribution is -0.136. The van der Waals surface area contributed by atoms with Crippen LogP contribution in [-0.4, -0.2) is 44.2 Å². The SMILES string of the molecule is CCn1nc(-c2ccncc2)cc1CC(=O)[C@H](Cc1ccccc1)NCC(=O)O. The highest BCUT2D eigenvalue weighted by atomic mass is 16.4. The molecule has 3 rings (SSSR count). The van der Waals surface area contributed by atoms with Crippen LogP contribution in [0.1, 0.15) is 18.2 Å². The maximum Gasteiger partial charge on any atom is 0.317 e. The Balaban J connectivity index is 1.79. The maximum absolute atomic E-state index is 13.0. The molecule has 0 radical (unpaired) electrons. The van der Waals surface area contributed by atoms with Crippen LogP contribution in [0.2, 0.25) is 0 Å². The van der Waals surface area contributed by atoms with Gasteiger partial charge in [0.05, 0.1) is 24.7 Å². The van der Waals surface area contributed by atoms with E-state index in [9.17, 15) is 9.59 Å². The number of pyridine rings is 1. The Hall–Kier alpha value is -3.32. The van der Waals surface area contributed by atoms with Crippen molar-refractivity contribution in [1.82, 2.24) is 20.1 Å². The molecular formula is C22H24N4O3. The van der Waals surface area contributed by atoms with Gasteiger partial charge in [-0.15, -0.1) is 0 Å². The van der Waals surface area contributed by atoms with E-state index < -0.39 is 12.0 Å². The molecule has 150 valence electrons. The molecule has 0 aliphatic rings. The zero-order valence-electron chi connectivity index (χ0n) is 16.3. The molecule has 0 aliphatic heterocycles. The molecule has 0 fully saturated rings. The lowest BCUT2D eigenvalue weighted by atomic mass is 9.99. The molecule has 2 N–H and O–H groups in total. The van der Waals surface area contributed by atoms with Gasteiger partial charge in [-0.1, -0.05) is 30.3 Å². The second kappa shape index (κ2) is 9.75. The van der Waals surface area contributed by atoms with Gasteiger partial charge in [-0.2, -0.15) is 5.10 Å². The third kappa shape index (κ3) is 5.58. The molecule has 0 amide bonds. The molecule has 2 aromatic heterocycles. The summed E-state index contributed by atoms with van der Waals surface area (Å²) in [6.07, 6.45) is 4.02. The highest BCUT2D eigenvalue weighted by Gasteiger charge is 2.22. The van der Waals surface area contributed by atoms with E-state index in [1.165, 1.54) is 0 Å². The van der Waals surface area contributed by atoms with Crippen LogP contribution < -0.4 is 5.32 Å². The predicted octanol–water partition coefficient (Wildman–Crippen LogP) is 2.36. The Morgan fingerprint density at radius 3 is 2.52 bits per heavy atom. The average molecular weight is 392 g/mol. The molecule has 7 nitrogen and oxygen atoms in total. The van der Waals surface area contributed by atoms with Gasteiger partial charge in [-0.3, -0.25) is 24.6 Å². The average Bonchev–Trinajstić information content (AvgIpc) is 3.15. The second-order valence-electron chi connectivity index (χ2n) is 6.73. The summed E-state index contributed by atoms with van der Waals surface area (Å²) in [5, 5.41) is 16.5. The Labute approximate surface area is 169 Å². The molecule has 0 spiro atoms. The number of carbonyl (C=O) groups excluding carboxylic acids is 1. The van der Waals surface area contributed by atoms with Crippen LogP contribution in [0.3, 0.4) is 0 Å². The molecule has 29 heavy (non-hydrogen) atoms. The van der Waals surface area contributed by atoms with Gasteiger partial charge in [-0.25, -0.2) is 0 Å². The third-order valence-electron chi connectivity index (χ3n) is 4.67. The summed E-state index contributed by atoms with van der Waals surface area (Å²) in [6, 6.07) is 14.7. The monoisotopic (exact) mass is 392 g/mol. The number of Topliss-reactive ketones (excluding diaryl/α,β-unsaturated/α-hetero) is 1. The van der Waals surface area contributed by atoms with Gasteiger partial charge in [0.2, 0.25) is 0 Å². The summed E-state index contributed by atoms with van der Waals surface area (Å²) in [6.45, 7) is 2.35. The quantitative estimate of drug-likeness (QED) is 0.550. The summed E-state index contributed by atoms with van der Waals surface area (Å²) >= 11 is 0. The molecule has 0 saturated carbocycles. The Morgan fingerprint density at radius 1 is 1.14 bits per heavy atom. The van der Waals surface area contributed by atoms with Gasteiger partial charge >= 0.3 is 5.97 Å². The highest BCUT2D eigenvalue weighted by molar-refractivity contribution is 5.87. The first-order valence-corrected chi connectivity index (χ1v) is 9.55. The van der Waals surface area contributed by atoms with Crippen molar-refractivity contribution in [3.63, 3.8) is 0 Å². The van der Waals surface area contributed by atoms with Crippen LogP contribution in [-0.2, 0) is 29.0 Å². The van der Waals surface area contributed by atoms with Gasteiger partial charge in [0.25, 0.3) is 0 Å². The number of carboxylic acid groups (broad SMARTS) is 1. The molecule has 0 unspecified atom stereocenters. The summed E-state index contributed by atoms with van der Waals surface area (Å²) in [4.78, 5) is 28.1. The predicted molar refractivity (Wildman–Crippen MR) is 109 cm³/mol. The zero-order valence-corrected chi connectivity index (χ0v) is 16.3. The lowest BCUT2D eigenvalue weighted by Crippen LogP contribution is -2.42. The summed E-state index contributed by atoms with van der Waals surface area (Å²) in [5.41, 5.74) is 3.51. The van der Waals surface area contributed by atoms with E-state index in [-0.39, 0.29) is 18.7 Å². The number of rotatable bonds is 10. The number of benzene rings is 1. The molecule has 1 aromatic carbocycles. The molecule has 0 aliphatic carbocycles. The molecule has 1 atom stereocenters. The van der Waals surface area contributed by atoms with Crippen LogP contribution in [0.15, 0.2) is 60.9 Å². The fourth-order valence-corrected chi connectivity index (χ4v) is 3.20. The Kier molecular flexibility index (Phi) is 6.86. The van der Waals surface area contributed by atoms with E-state index in [4.69, 9.17) is 5.11 Å². The number of carboxylic acids is 1. The molecule has 7 heteroatoms. The van der Waals surface area contributed by atoms with E-state index in [0.717, 1.165) is 22.5 Å². The number of ketones is 1. The standard InChI is InChI=1S/C22H24N4O3/c1-2-26-18(13-19(25-26)17-8-10-23-11-9-17)14-21(27)20(24-15-22(28)29)12-16-6-4-3-5-7-16/h3-11,13,20,24H,2,12,14-15H2,1H3,(H,28,29)/t20-/m0/s1. The molecule has 2 heterocycles. The first-order chi connectivity index (χ1) is 14.1. The van der Waals surface area contributed by atoms with Crippen molar-refractivity contribution in [2.75, 3.05) is 6.54 Å². The van der Waals surface area contributed by atoms with Crippen molar-refractivity contribution in [2.24, 2.45) is 0 Å². The van der Waals surface area contributed by atoms with Crippen molar-refractivity contribution in [3.05, 3.63) is 72.2 Å². The van der Waals surface area contributed by atoms with Crippen LogP contribution >= 0.6 is 0 Å². The maximum atomic E-state index is 13.0. The van der Waals surface area contributed by atoms with E-state index in [0.29, 0.717) is 13.0 Å². The number of hydrogen-bond acceptors (Lipinski definition) is 5. The number of carbonyl (C=O) groups is 2. The summed E-state index contributed by atoms with van der Waals surface area (Å²) in [7, 11) is 0. The van der Waals surface area contributed by atoms with Crippen molar-refractivity contribution in [1.29, 1.82) is 0 Å². The normalized spacial score (nSPS) is 11.9. The van der Waals surface area contributed by atoms with Crippen LogP contribution in [0.5, 0.6) is 0 Å². The minimum atomic E-state index is -0.991. The smallest absolute Gasteiger partial charge is 0.317 e. The largest absolute Gasteiger partial charge is 0.480 e. The van der Waals surface area contributed by atoms with E-state index in [1.807, 2.05) is 60.1 Å². The number of nitrogens with zero attached hydrogens (tertiary/aromatic N) is 3. The second-order valence-corrected chi connectivity index (χ2v) is 6.73. The van der Waals surface area contributed by atoms with Gasteiger partial charge in [-0.05, 0) is 37.1 Å². The fourth-order valence-electron chi connectivity index (χ4n) is 3.20. The van der Waals surface area contributed by atoms with Crippen molar-refractivity contribution < 1.29 is 14.7 Å². The molecule has 0 saturated heterocycles. The topological polar surface area (TPSA) is 97.1 Å². The summed E-state index contributed by atoms with van der Waals surface area (Å²) < 4.78 is 1.81. The molecular weight excluding hydrogens is 368 g/mol. The first kappa shape index (κ1) is 20.4. The molecule has 0 bridgehead atoms. The fraction of sp³-hybridized carbons (Fsp3) is 0.273. The van der Waals surface area contributed by atoms with Gasteiger partial charge in [0.15, 0.2) is 5.78 Å². The van der Waals surface area contributed by atoms with Crippen LogP contribution in [0.25, 0.3) is 11.3 Å². The number of aryl methyl sites for hydroxylation is 1. The third-order valence-corrected chi connectivity index (χ3v) is 4.67. The Bertz CT molecular complexity index is 955. The van der Waals surface area contributed by atoms with E-state index in [2.05, 4.69) is 15.4 Å². The minimum absolute atomic E-state index is 0.0639. The van der Waals surface area contributed by atoms with E-state index in [1.54, 1.807) is 12.4 Å².